The van der Waals surface area contributed by atoms with E-state index in [1.165, 1.54) is 20.9 Å². The zero-order valence-corrected chi connectivity index (χ0v) is 14.8. The third-order valence-electron chi connectivity index (χ3n) is 3.03. The van der Waals surface area contributed by atoms with Gasteiger partial charge in [-0.2, -0.15) is 0 Å². The zero-order chi connectivity index (χ0) is 15.1. The summed E-state index contributed by atoms with van der Waals surface area (Å²) in [7, 11) is 1.72. The number of methoxy groups -OCH3 is 1. The highest BCUT2D eigenvalue weighted by atomic mass is 79.9. The lowest BCUT2D eigenvalue weighted by atomic mass is 10.2. The molecule has 2 nitrogen and oxygen atoms in total. The first-order chi connectivity index (χ1) is 10.2. The van der Waals surface area contributed by atoms with Gasteiger partial charge in [-0.15, -0.1) is 0 Å². The highest BCUT2D eigenvalue weighted by molar-refractivity contribution is 9.10. The van der Waals surface area contributed by atoms with E-state index in [1.807, 2.05) is 0 Å². The summed E-state index contributed by atoms with van der Waals surface area (Å²) in [6, 6.07) is 15.1. The van der Waals surface area contributed by atoms with Crippen LogP contribution in [0.1, 0.15) is 11.1 Å². The topological polar surface area (TPSA) is 21.3 Å². The molecule has 0 aliphatic heterocycles. The predicted octanol–water partition coefficient (Wildman–Crippen LogP) is 4.64. The van der Waals surface area contributed by atoms with Crippen LogP contribution in [0.15, 0.2) is 56.7 Å². The van der Waals surface area contributed by atoms with Crippen LogP contribution in [0, 0.1) is 6.92 Å². The Bertz CT molecular complexity index is 589. The van der Waals surface area contributed by atoms with Gasteiger partial charge < -0.3 is 10.1 Å². The summed E-state index contributed by atoms with van der Waals surface area (Å²) in [5, 5.41) is 3.35. The summed E-state index contributed by atoms with van der Waals surface area (Å²) < 4.78 is 6.16. The summed E-state index contributed by atoms with van der Waals surface area (Å²) in [4.78, 5) is 2.50. The van der Waals surface area contributed by atoms with E-state index in [9.17, 15) is 0 Å². The molecule has 112 valence electrons. The second kappa shape index (κ2) is 8.59. The first kappa shape index (κ1) is 16.6. The van der Waals surface area contributed by atoms with Gasteiger partial charge in [0, 0.05) is 34.5 Å². The average Bonchev–Trinajstić information content (AvgIpc) is 2.46. The van der Waals surface area contributed by atoms with Crippen molar-refractivity contribution in [3.8, 4) is 0 Å². The van der Waals surface area contributed by atoms with Gasteiger partial charge in [0.05, 0.1) is 6.61 Å². The summed E-state index contributed by atoms with van der Waals surface area (Å²) in [5.74, 6) is 0. The molecule has 0 atom stereocenters. The van der Waals surface area contributed by atoms with Gasteiger partial charge in [0.25, 0.3) is 0 Å². The molecule has 0 saturated heterocycles. The van der Waals surface area contributed by atoms with E-state index >= 15 is 0 Å². The lowest BCUT2D eigenvalue weighted by molar-refractivity contribution is 0.199. The Balaban J connectivity index is 1.98. The lowest BCUT2D eigenvalue weighted by Crippen LogP contribution is -2.18. The Kier molecular flexibility index (Phi) is 6.77. The molecule has 1 N–H and O–H groups in total. The number of rotatable bonds is 7. The minimum absolute atomic E-state index is 0.739. The molecule has 21 heavy (non-hydrogen) atoms. The smallest absolute Gasteiger partial charge is 0.0587 e. The fourth-order valence-electron chi connectivity index (χ4n) is 1.95. The van der Waals surface area contributed by atoms with Crippen LogP contribution in [0.4, 0.5) is 0 Å². The van der Waals surface area contributed by atoms with Crippen molar-refractivity contribution in [2.45, 2.75) is 23.3 Å². The van der Waals surface area contributed by atoms with E-state index < -0.39 is 0 Å². The molecule has 0 aliphatic carbocycles. The fourth-order valence-corrected chi connectivity index (χ4v) is 3.56. The predicted molar refractivity (Wildman–Crippen MR) is 93.0 cm³/mol. The van der Waals surface area contributed by atoms with Crippen LogP contribution in [-0.4, -0.2) is 20.3 Å². The van der Waals surface area contributed by atoms with Gasteiger partial charge in [0.15, 0.2) is 0 Å². The van der Waals surface area contributed by atoms with Crippen LogP contribution >= 0.6 is 27.7 Å². The van der Waals surface area contributed by atoms with Crippen LogP contribution in [-0.2, 0) is 11.3 Å². The van der Waals surface area contributed by atoms with Crippen molar-refractivity contribution in [1.82, 2.24) is 5.32 Å². The third kappa shape index (κ3) is 5.47. The first-order valence-electron chi connectivity index (χ1n) is 6.91. The number of ether oxygens (including phenoxy) is 1. The molecule has 4 heteroatoms. The summed E-state index contributed by atoms with van der Waals surface area (Å²) in [5.41, 5.74) is 2.56. The number of hydrogen-bond donors (Lipinski definition) is 1. The van der Waals surface area contributed by atoms with E-state index in [4.69, 9.17) is 4.74 Å². The Morgan fingerprint density at radius 3 is 2.76 bits per heavy atom. The van der Waals surface area contributed by atoms with Gasteiger partial charge in [0.1, 0.15) is 0 Å². The second-order valence-corrected chi connectivity index (χ2v) is 6.82. The molecular formula is C17H20BrNOS. The monoisotopic (exact) mass is 365 g/mol. The highest BCUT2D eigenvalue weighted by Crippen LogP contribution is 2.34. The molecule has 0 heterocycles. The van der Waals surface area contributed by atoms with Crippen molar-refractivity contribution in [3.05, 3.63) is 58.1 Å². The minimum atomic E-state index is 0.739. The quantitative estimate of drug-likeness (QED) is 0.721. The maximum Gasteiger partial charge on any atom is 0.0587 e. The van der Waals surface area contributed by atoms with Gasteiger partial charge in [-0.05, 0) is 52.7 Å². The SMILES string of the molecule is COCCNCc1ccc(Sc2cccc(C)c2)c(Br)c1. The maximum atomic E-state index is 5.02. The van der Waals surface area contributed by atoms with Crippen LogP contribution in [0.2, 0.25) is 0 Å². The molecule has 0 aliphatic rings. The van der Waals surface area contributed by atoms with Crippen molar-refractivity contribution in [1.29, 1.82) is 0 Å². The van der Waals surface area contributed by atoms with E-state index in [0.29, 0.717) is 0 Å². The molecule has 0 aromatic heterocycles. The highest BCUT2D eigenvalue weighted by Gasteiger charge is 2.04. The van der Waals surface area contributed by atoms with Crippen molar-refractivity contribution < 1.29 is 4.74 Å². The molecule has 0 fully saturated rings. The number of halogens is 1. The van der Waals surface area contributed by atoms with Crippen molar-refractivity contribution >= 4 is 27.7 Å². The van der Waals surface area contributed by atoms with Crippen molar-refractivity contribution in [2.75, 3.05) is 20.3 Å². The average molecular weight is 366 g/mol. The number of benzene rings is 2. The molecule has 0 bridgehead atoms. The van der Waals surface area contributed by atoms with Gasteiger partial charge in [-0.1, -0.05) is 35.5 Å². The zero-order valence-electron chi connectivity index (χ0n) is 12.4. The lowest BCUT2D eigenvalue weighted by Gasteiger charge is -2.09. The van der Waals surface area contributed by atoms with Gasteiger partial charge in [-0.25, -0.2) is 0 Å². The number of hydrogen-bond acceptors (Lipinski definition) is 3. The van der Waals surface area contributed by atoms with Crippen LogP contribution in [0.5, 0.6) is 0 Å². The second-order valence-electron chi connectivity index (χ2n) is 4.85. The normalized spacial score (nSPS) is 10.8. The van der Waals surface area contributed by atoms with E-state index in [-0.39, 0.29) is 0 Å². The molecule has 0 spiro atoms. The standard InChI is InChI=1S/C17H20BrNOS/c1-13-4-3-5-15(10-13)21-17-7-6-14(11-16(17)18)12-19-8-9-20-2/h3-7,10-11,19H,8-9,12H2,1-2H3. The maximum absolute atomic E-state index is 5.02. The van der Waals surface area contributed by atoms with E-state index in [0.717, 1.165) is 24.2 Å². The molecule has 0 unspecified atom stereocenters. The van der Waals surface area contributed by atoms with Crippen LogP contribution in [0.25, 0.3) is 0 Å². The largest absolute Gasteiger partial charge is 0.383 e. The molecule has 0 amide bonds. The Labute approximate surface area is 139 Å². The van der Waals surface area contributed by atoms with Crippen LogP contribution < -0.4 is 5.32 Å². The third-order valence-corrected chi connectivity index (χ3v) is 5.01. The molecule has 2 rings (SSSR count). The van der Waals surface area contributed by atoms with Gasteiger partial charge in [-0.3, -0.25) is 0 Å². The molecule has 0 saturated carbocycles. The fraction of sp³-hybridized carbons (Fsp3) is 0.294. The first-order valence-corrected chi connectivity index (χ1v) is 8.52. The van der Waals surface area contributed by atoms with Gasteiger partial charge >= 0.3 is 0 Å². The molecule has 0 radical (unpaired) electrons. The number of nitrogens with one attached hydrogen (secondary N) is 1. The summed E-state index contributed by atoms with van der Waals surface area (Å²) >= 11 is 5.45. The van der Waals surface area contributed by atoms with Crippen LogP contribution in [0.3, 0.4) is 0 Å². The minimum Gasteiger partial charge on any atom is -0.383 e. The summed E-state index contributed by atoms with van der Waals surface area (Å²) in [6.07, 6.45) is 0. The Morgan fingerprint density at radius 1 is 1.19 bits per heavy atom. The Morgan fingerprint density at radius 2 is 2.05 bits per heavy atom. The van der Waals surface area contributed by atoms with Crippen molar-refractivity contribution in [3.63, 3.8) is 0 Å². The van der Waals surface area contributed by atoms with Crippen molar-refractivity contribution in [2.24, 2.45) is 0 Å². The number of aryl methyl sites for hydroxylation is 1. The Hall–Kier alpha value is -0.810. The molecule has 2 aromatic rings. The molecule has 2 aromatic carbocycles. The van der Waals surface area contributed by atoms with E-state index in [2.05, 4.69) is 70.6 Å². The van der Waals surface area contributed by atoms with E-state index in [1.54, 1.807) is 18.9 Å². The van der Waals surface area contributed by atoms with Gasteiger partial charge in [0.2, 0.25) is 0 Å². The molecular weight excluding hydrogens is 346 g/mol. The summed E-state index contributed by atoms with van der Waals surface area (Å²) in [6.45, 7) is 4.58.